The molecule has 2 aromatic rings. The molecule has 190 valence electrons. The van der Waals surface area contributed by atoms with Crippen molar-refractivity contribution in [1.82, 2.24) is 4.90 Å². The van der Waals surface area contributed by atoms with E-state index in [2.05, 4.69) is 0 Å². The van der Waals surface area contributed by atoms with Gasteiger partial charge in [-0.25, -0.2) is 13.6 Å². The normalized spacial score (nSPS) is 20.4. The topological polar surface area (TPSA) is 65.1 Å². The van der Waals surface area contributed by atoms with Gasteiger partial charge in [-0.3, -0.25) is 9.69 Å². The summed E-state index contributed by atoms with van der Waals surface area (Å²) in [6.45, 7) is 9.94. The third-order valence-electron chi connectivity index (χ3n) is 5.22. The van der Waals surface area contributed by atoms with Crippen molar-refractivity contribution in [3.05, 3.63) is 65.7 Å². The number of halogens is 2. The van der Waals surface area contributed by atoms with Crippen LogP contribution in [0.15, 0.2) is 53.4 Å². The Labute approximate surface area is 208 Å². The molecule has 0 aliphatic carbocycles. The van der Waals surface area contributed by atoms with Crippen LogP contribution in [-0.4, -0.2) is 45.9 Å². The average Bonchev–Trinajstić information content (AvgIpc) is 2.96. The van der Waals surface area contributed by atoms with Gasteiger partial charge in [0, 0.05) is 17.9 Å². The van der Waals surface area contributed by atoms with Crippen molar-refractivity contribution in [3.63, 3.8) is 0 Å². The van der Waals surface area contributed by atoms with Crippen LogP contribution >= 0.6 is 11.8 Å². The largest absolute Gasteiger partial charge is 0.448 e. The SMILES string of the molecule is CC(=O)OC(Sc1ccccc1)C1OC(C)(C)N(C(=O)OC(C)(C)C)C1Cc1cc(F)cc(F)c1. The standard InChI is InChI=1S/C26H31F2NO5S/c1-16(30)32-23(35-20-10-8-7-9-11-20)22-21(14-17-12-18(27)15-19(28)13-17)29(26(5,6)33-22)24(31)34-25(2,3)4/h7-13,15,21-23H,14H2,1-6H3. The molecule has 1 heterocycles. The number of rotatable bonds is 6. The molecule has 1 amide bonds. The summed E-state index contributed by atoms with van der Waals surface area (Å²) in [7, 11) is 0. The van der Waals surface area contributed by atoms with Crippen LogP contribution in [0, 0.1) is 11.6 Å². The number of ether oxygens (including phenoxy) is 3. The number of thioether (sulfide) groups is 1. The Morgan fingerprint density at radius 1 is 1.11 bits per heavy atom. The summed E-state index contributed by atoms with van der Waals surface area (Å²) in [6.07, 6.45) is -1.41. The zero-order valence-electron chi connectivity index (χ0n) is 20.7. The summed E-state index contributed by atoms with van der Waals surface area (Å²) in [6, 6.07) is 11.8. The third-order valence-corrected chi connectivity index (χ3v) is 6.36. The van der Waals surface area contributed by atoms with E-state index in [0.29, 0.717) is 5.56 Å². The highest BCUT2D eigenvalue weighted by atomic mass is 32.2. The summed E-state index contributed by atoms with van der Waals surface area (Å²) in [5, 5.41) is 0. The Hall–Kier alpha value is -2.65. The number of carbonyl (C=O) groups is 2. The Kier molecular flexibility index (Phi) is 8.11. The monoisotopic (exact) mass is 507 g/mol. The van der Waals surface area contributed by atoms with E-state index < -0.39 is 52.6 Å². The minimum atomic E-state index is -1.15. The van der Waals surface area contributed by atoms with E-state index in [4.69, 9.17) is 14.2 Å². The quantitative estimate of drug-likeness (QED) is 0.274. The number of carbonyl (C=O) groups excluding carboxylic acids is 2. The van der Waals surface area contributed by atoms with Crippen molar-refractivity contribution in [2.45, 2.75) is 81.8 Å². The fourth-order valence-corrected chi connectivity index (χ4v) is 5.19. The first-order valence-corrected chi connectivity index (χ1v) is 12.2. The van der Waals surface area contributed by atoms with E-state index >= 15 is 0 Å². The summed E-state index contributed by atoms with van der Waals surface area (Å²) >= 11 is 1.27. The molecule has 9 heteroatoms. The zero-order valence-corrected chi connectivity index (χ0v) is 21.5. The molecule has 0 aromatic heterocycles. The van der Waals surface area contributed by atoms with Crippen LogP contribution in [0.2, 0.25) is 0 Å². The molecule has 6 nitrogen and oxygen atoms in total. The van der Waals surface area contributed by atoms with Crippen molar-refractivity contribution in [1.29, 1.82) is 0 Å². The van der Waals surface area contributed by atoms with Gasteiger partial charge < -0.3 is 14.2 Å². The number of amides is 1. The molecule has 1 saturated heterocycles. The van der Waals surface area contributed by atoms with Crippen molar-refractivity contribution in [3.8, 4) is 0 Å². The lowest BCUT2D eigenvalue weighted by Crippen LogP contribution is -2.51. The molecule has 0 N–H and O–H groups in total. The lowest BCUT2D eigenvalue weighted by atomic mass is 10.00. The first-order chi connectivity index (χ1) is 16.2. The number of hydrogen-bond acceptors (Lipinski definition) is 6. The highest BCUT2D eigenvalue weighted by molar-refractivity contribution is 7.99. The van der Waals surface area contributed by atoms with Crippen molar-refractivity contribution >= 4 is 23.8 Å². The van der Waals surface area contributed by atoms with Gasteiger partial charge in [0.05, 0.1) is 6.04 Å². The van der Waals surface area contributed by atoms with Gasteiger partial charge in [0.25, 0.3) is 0 Å². The minimum Gasteiger partial charge on any atom is -0.448 e. The number of hydrogen-bond donors (Lipinski definition) is 0. The van der Waals surface area contributed by atoms with Gasteiger partial charge in [-0.15, -0.1) is 0 Å². The zero-order chi connectivity index (χ0) is 26.0. The smallest absolute Gasteiger partial charge is 0.412 e. The highest BCUT2D eigenvalue weighted by Crippen LogP contribution is 2.41. The molecule has 0 spiro atoms. The molecule has 35 heavy (non-hydrogen) atoms. The van der Waals surface area contributed by atoms with Crippen LogP contribution in [-0.2, 0) is 25.4 Å². The van der Waals surface area contributed by atoms with Crippen LogP contribution in [0.1, 0.15) is 47.1 Å². The lowest BCUT2D eigenvalue weighted by molar-refractivity contribution is -0.150. The second-order valence-electron chi connectivity index (χ2n) is 9.84. The molecule has 2 aromatic carbocycles. The van der Waals surface area contributed by atoms with E-state index in [1.54, 1.807) is 34.6 Å². The average molecular weight is 508 g/mol. The summed E-state index contributed by atoms with van der Waals surface area (Å²) in [5.41, 5.74) is -2.45. The van der Waals surface area contributed by atoms with E-state index in [1.807, 2.05) is 30.3 Å². The predicted octanol–water partition coefficient (Wildman–Crippen LogP) is 5.93. The Balaban J connectivity index is 2.04. The molecule has 1 fully saturated rings. The van der Waals surface area contributed by atoms with Gasteiger partial charge in [-0.1, -0.05) is 30.0 Å². The van der Waals surface area contributed by atoms with E-state index in [-0.39, 0.29) is 6.42 Å². The van der Waals surface area contributed by atoms with Crippen molar-refractivity contribution in [2.75, 3.05) is 0 Å². The first-order valence-electron chi connectivity index (χ1n) is 11.3. The van der Waals surface area contributed by atoms with Crippen molar-refractivity contribution < 1.29 is 32.6 Å². The van der Waals surface area contributed by atoms with Gasteiger partial charge in [0.2, 0.25) is 0 Å². The summed E-state index contributed by atoms with van der Waals surface area (Å²) < 4.78 is 45.6. The molecular weight excluding hydrogens is 476 g/mol. The fraction of sp³-hybridized carbons (Fsp3) is 0.462. The molecule has 1 aliphatic rings. The van der Waals surface area contributed by atoms with Crippen LogP contribution in [0.5, 0.6) is 0 Å². The summed E-state index contributed by atoms with van der Waals surface area (Å²) in [5.74, 6) is -1.98. The second kappa shape index (κ2) is 10.5. The molecule has 3 atom stereocenters. The van der Waals surface area contributed by atoms with Gasteiger partial charge in [-0.2, -0.15) is 0 Å². The van der Waals surface area contributed by atoms with Gasteiger partial charge in [-0.05, 0) is 70.9 Å². The van der Waals surface area contributed by atoms with E-state index in [0.717, 1.165) is 11.0 Å². The molecule has 3 unspecified atom stereocenters. The molecule has 3 rings (SSSR count). The summed E-state index contributed by atoms with van der Waals surface area (Å²) in [4.78, 5) is 27.6. The Morgan fingerprint density at radius 3 is 2.26 bits per heavy atom. The lowest BCUT2D eigenvalue weighted by Gasteiger charge is -2.35. The maximum absolute atomic E-state index is 14.0. The molecular formula is C26H31F2NO5S. The van der Waals surface area contributed by atoms with Gasteiger partial charge >= 0.3 is 12.1 Å². The maximum Gasteiger partial charge on any atom is 0.412 e. The second-order valence-corrected chi connectivity index (χ2v) is 11.0. The Bertz CT molecular complexity index is 1040. The Morgan fingerprint density at radius 2 is 1.71 bits per heavy atom. The third kappa shape index (κ3) is 7.18. The van der Waals surface area contributed by atoms with Gasteiger partial charge in [0.15, 0.2) is 5.44 Å². The minimum absolute atomic E-state index is 0.0507. The van der Waals surface area contributed by atoms with Crippen LogP contribution in [0.25, 0.3) is 0 Å². The van der Waals surface area contributed by atoms with Crippen molar-refractivity contribution in [2.24, 2.45) is 0 Å². The molecule has 0 saturated carbocycles. The maximum atomic E-state index is 14.0. The first kappa shape index (κ1) is 26.9. The van der Waals surface area contributed by atoms with Crippen LogP contribution in [0.4, 0.5) is 13.6 Å². The van der Waals surface area contributed by atoms with Crippen LogP contribution in [0.3, 0.4) is 0 Å². The fourth-order valence-electron chi connectivity index (χ4n) is 4.05. The van der Waals surface area contributed by atoms with Gasteiger partial charge in [0.1, 0.15) is 29.1 Å². The van der Waals surface area contributed by atoms with E-state index in [9.17, 15) is 18.4 Å². The predicted molar refractivity (Wildman–Crippen MR) is 129 cm³/mol. The van der Waals surface area contributed by atoms with Crippen LogP contribution < -0.4 is 0 Å². The van der Waals surface area contributed by atoms with E-state index in [1.165, 1.54) is 35.7 Å². The highest BCUT2D eigenvalue weighted by Gasteiger charge is 2.54. The molecule has 0 bridgehead atoms. The molecule has 1 aliphatic heterocycles. The number of nitrogens with zero attached hydrogens (tertiary/aromatic N) is 1. The number of esters is 1. The molecule has 0 radical (unpaired) electrons. The number of benzene rings is 2.